The molecule has 0 aromatic carbocycles. The van der Waals surface area contributed by atoms with Crippen LogP contribution in [0, 0.1) is 0 Å². The molecule has 0 bridgehead atoms. The first-order valence-corrected chi connectivity index (χ1v) is 8.35. The van der Waals surface area contributed by atoms with E-state index in [1.165, 1.54) is 32.1 Å². The number of halogens is 1. The zero-order valence-electron chi connectivity index (χ0n) is 11.5. The van der Waals surface area contributed by atoms with Crippen LogP contribution in [0.2, 0.25) is 0 Å². The molecule has 18 heavy (non-hydrogen) atoms. The minimum Gasteiger partial charge on any atom is -0.374 e. The Labute approximate surface area is 119 Å². The Bertz CT molecular complexity index is 236. The van der Waals surface area contributed by atoms with E-state index in [9.17, 15) is 4.79 Å². The summed E-state index contributed by atoms with van der Waals surface area (Å²) in [6.07, 6.45) is 8.30. The van der Waals surface area contributed by atoms with E-state index in [0.29, 0.717) is 18.9 Å². The zero-order valence-corrected chi connectivity index (χ0v) is 13.1. The maximum Gasteiger partial charge on any atom is 0.222 e. The maximum atomic E-state index is 12.0. The molecule has 1 heterocycles. The zero-order chi connectivity index (χ0) is 13.2. The number of unbranched alkanes of at least 4 members (excludes halogenated alkanes) is 5. The number of hydrogen-bond acceptors (Lipinski definition) is 2. The Hall–Kier alpha value is -0.0900. The number of amides is 1. The van der Waals surface area contributed by atoms with E-state index >= 15 is 0 Å². The molecule has 1 fully saturated rings. The third-order valence-corrected chi connectivity index (χ3v) is 4.13. The van der Waals surface area contributed by atoms with Gasteiger partial charge in [-0.15, -0.1) is 0 Å². The van der Waals surface area contributed by atoms with Crippen molar-refractivity contribution in [1.82, 2.24) is 4.90 Å². The highest BCUT2D eigenvalue weighted by Gasteiger charge is 2.22. The van der Waals surface area contributed by atoms with Crippen LogP contribution in [0.3, 0.4) is 0 Å². The van der Waals surface area contributed by atoms with Crippen LogP contribution in [0.25, 0.3) is 0 Å². The van der Waals surface area contributed by atoms with E-state index in [-0.39, 0.29) is 6.10 Å². The maximum absolute atomic E-state index is 12.0. The fraction of sp³-hybridized carbons (Fsp3) is 0.929. The van der Waals surface area contributed by atoms with Crippen LogP contribution in [0.15, 0.2) is 0 Å². The van der Waals surface area contributed by atoms with Crippen molar-refractivity contribution in [2.45, 2.75) is 58.0 Å². The molecule has 0 aliphatic carbocycles. The largest absolute Gasteiger partial charge is 0.374 e. The van der Waals surface area contributed by atoms with Crippen LogP contribution in [-0.2, 0) is 9.53 Å². The number of morpholine rings is 1. The molecule has 1 amide bonds. The summed E-state index contributed by atoms with van der Waals surface area (Å²) in [4.78, 5) is 14.0. The first kappa shape index (κ1) is 16.0. The van der Waals surface area contributed by atoms with Gasteiger partial charge in [-0.2, -0.15) is 0 Å². The lowest BCUT2D eigenvalue weighted by atomic mass is 10.1. The van der Waals surface area contributed by atoms with Gasteiger partial charge >= 0.3 is 0 Å². The normalized spacial score (nSPS) is 20.1. The monoisotopic (exact) mass is 319 g/mol. The van der Waals surface area contributed by atoms with Crippen molar-refractivity contribution in [2.24, 2.45) is 0 Å². The van der Waals surface area contributed by atoms with Gasteiger partial charge in [0.1, 0.15) is 0 Å². The van der Waals surface area contributed by atoms with Crippen LogP contribution in [0.1, 0.15) is 51.9 Å². The highest BCUT2D eigenvalue weighted by Crippen LogP contribution is 2.12. The molecule has 1 rings (SSSR count). The predicted octanol–water partition coefficient (Wildman–Crippen LogP) is 3.36. The predicted molar refractivity (Wildman–Crippen MR) is 78.1 cm³/mol. The van der Waals surface area contributed by atoms with Gasteiger partial charge in [0.05, 0.1) is 12.7 Å². The van der Waals surface area contributed by atoms with Crippen LogP contribution in [0.4, 0.5) is 0 Å². The van der Waals surface area contributed by atoms with Crippen molar-refractivity contribution in [2.75, 3.05) is 25.0 Å². The lowest BCUT2D eigenvalue weighted by Gasteiger charge is -2.32. The molecular weight excluding hydrogens is 294 g/mol. The molecular formula is C14H26BrNO2. The number of hydrogen-bond donors (Lipinski definition) is 0. The third kappa shape index (κ3) is 6.19. The van der Waals surface area contributed by atoms with Crippen molar-refractivity contribution in [1.29, 1.82) is 0 Å². The second-order valence-electron chi connectivity index (χ2n) is 5.00. The van der Waals surface area contributed by atoms with Crippen molar-refractivity contribution in [3.05, 3.63) is 0 Å². The molecule has 0 spiro atoms. The first-order valence-electron chi connectivity index (χ1n) is 7.23. The molecule has 4 heteroatoms. The number of alkyl halides is 1. The van der Waals surface area contributed by atoms with Gasteiger partial charge in [0, 0.05) is 24.8 Å². The number of ether oxygens (including phenoxy) is 1. The van der Waals surface area contributed by atoms with Gasteiger partial charge in [0.15, 0.2) is 0 Å². The standard InChI is InChI=1S/C14H26BrNO2/c1-2-3-4-5-6-7-8-14(17)16-9-10-18-13(11-15)12-16/h13H,2-12H2,1H3. The number of carbonyl (C=O) groups is 1. The van der Waals surface area contributed by atoms with Gasteiger partial charge < -0.3 is 9.64 Å². The second kappa shape index (κ2) is 9.79. The summed E-state index contributed by atoms with van der Waals surface area (Å²) >= 11 is 3.41. The Kier molecular flexibility index (Phi) is 8.68. The van der Waals surface area contributed by atoms with E-state index in [1.54, 1.807) is 0 Å². The molecule has 1 aliphatic rings. The summed E-state index contributed by atoms with van der Waals surface area (Å²) in [5.41, 5.74) is 0. The number of rotatable bonds is 8. The second-order valence-corrected chi connectivity index (χ2v) is 5.65. The van der Waals surface area contributed by atoms with Crippen molar-refractivity contribution in [3.63, 3.8) is 0 Å². The van der Waals surface area contributed by atoms with Crippen molar-refractivity contribution >= 4 is 21.8 Å². The summed E-state index contributed by atoms with van der Waals surface area (Å²) in [6, 6.07) is 0. The van der Waals surface area contributed by atoms with Crippen molar-refractivity contribution in [3.8, 4) is 0 Å². The fourth-order valence-electron chi connectivity index (χ4n) is 2.25. The minimum atomic E-state index is 0.173. The summed E-state index contributed by atoms with van der Waals surface area (Å²) in [6.45, 7) is 4.42. The molecule has 1 unspecified atom stereocenters. The SMILES string of the molecule is CCCCCCCCC(=O)N1CCOC(CBr)C1. The Morgan fingerprint density at radius 1 is 1.28 bits per heavy atom. The molecule has 3 nitrogen and oxygen atoms in total. The van der Waals surface area contributed by atoms with Crippen LogP contribution < -0.4 is 0 Å². The van der Waals surface area contributed by atoms with E-state index in [4.69, 9.17) is 4.74 Å². The Morgan fingerprint density at radius 2 is 2.00 bits per heavy atom. The van der Waals surface area contributed by atoms with E-state index < -0.39 is 0 Å². The fourth-order valence-corrected chi connectivity index (χ4v) is 2.65. The molecule has 0 N–H and O–H groups in total. The topological polar surface area (TPSA) is 29.5 Å². The van der Waals surface area contributed by atoms with Gasteiger partial charge in [0.25, 0.3) is 0 Å². The molecule has 0 saturated carbocycles. The summed E-state index contributed by atoms with van der Waals surface area (Å²) in [5.74, 6) is 0.305. The van der Waals surface area contributed by atoms with Gasteiger partial charge in [0.2, 0.25) is 5.91 Å². The lowest BCUT2D eigenvalue weighted by Crippen LogP contribution is -2.46. The van der Waals surface area contributed by atoms with Crippen LogP contribution in [-0.4, -0.2) is 41.9 Å². The van der Waals surface area contributed by atoms with Crippen molar-refractivity contribution < 1.29 is 9.53 Å². The summed E-state index contributed by atoms with van der Waals surface area (Å²) in [7, 11) is 0. The van der Waals surface area contributed by atoms with Crippen LogP contribution in [0.5, 0.6) is 0 Å². The van der Waals surface area contributed by atoms with Gasteiger partial charge in [-0.25, -0.2) is 0 Å². The minimum absolute atomic E-state index is 0.173. The summed E-state index contributed by atoms with van der Waals surface area (Å²) in [5, 5.41) is 0.813. The third-order valence-electron chi connectivity index (χ3n) is 3.41. The van der Waals surface area contributed by atoms with Gasteiger partial charge in [-0.1, -0.05) is 55.0 Å². The molecule has 106 valence electrons. The average molecular weight is 320 g/mol. The molecule has 0 radical (unpaired) electrons. The lowest BCUT2D eigenvalue weighted by molar-refractivity contribution is -0.138. The molecule has 0 aromatic rings. The smallest absolute Gasteiger partial charge is 0.222 e. The van der Waals surface area contributed by atoms with E-state index in [1.807, 2.05) is 4.90 Å². The first-order chi connectivity index (χ1) is 8.77. The highest BCUT2D eigenvalue weighted by molar-refractivity contribution is 9.09. The van der Waals surface area contributed by atoms with E-state index in [2.05, 4.69) is 22.9 Å². The Morgan fingerprint density at radius 3 is 2.72 bits per heavy atom. The molecule has 0 aromatic heterocycles. The molecule has 1 atom stereocenters. The molecule has 1 saturated heterocycles. The van der Waals surface area contributed by atoms with Gasteiger partial charge in [-0.3, -0.25) is 4.79 Å². The highest BCUT2D eigenvalue weighted by atomic mass is 79.9. The Balaban J connectivity index is 2.08. The average Bonchev–Trinajstić information content (AvgIpc) is 2.42. The number of carbonyl (C=O) groups excluding carboxylic acids is 1. The van der Waals surface area contributed by atoms with Gasteiger partial charge in [-0.05, 0) is 6.42 Å². The number of nitrogens with zero attached hydrogens (tertiary/aromatic N) is 1. The van der Waals surface area contributed by atoms with Crippen LogP contribution >= 0.6 is 15.9 Å². The quantitative estimate of drug-likeness (QED) is 0.507. The van der Waals surface area contributed by atoms with E-state index in [0.717, 1.165) is 24.8 Å². The molecule has 1 aliphatic heterocycles. The summed E-state index contributed by atoms with van der Waals surface area (Å²) < 4.78 is 5.54.